The van der Waals surface area contributed by atoms with Crippen molar-refractivity contribution >= 4 is 17.4 Å². The summed E-state index contributed by atoms with van der Waals surface area (Å²) >= 11 is 0. The average Bonchev–Trinajstić information content (AvgIpc) is 1.95. The van der Waals surface area contributed by atoms with Crippen molar-refractivity contribution < 1.29 is 19.3 Å². The van der Waals surface area contributed by atoms with E-state index >= 15 is 0 Å². The topological polar surface area (TPSA) is 47.9 Å². The molecule has 62 valence electrons. The monoisotopic (exact) mass is 166 g/mol. The van der Waals surface area contributed by atoms with Gasteiger partial charge in [-0.2, -0.15) is 0 Å². The fraction of sp³-hybridized carbons (Fsp3) is 1.00. The number of aliphatic hydroxyl groups is 1. The minimum Gasteiger partial charge on any atom is -0.388 e. The second-order valence-electron chi connectivity index (χ2n) is 1.45. The lowest BCUT2D eigenvalue weighted by molar-refractivity contribution is -0.364. The third kappa shape index (κ3) is 2.97. The van der Waals surface area contributed by atoms with E-state index in [1.807, 2.05) is 0 Å². The van der Waals surface area contributed by atoms with E-state index < -0.39 is 5.97 Å². The molecule has 0 radical (unpaired) electrons. The fourth-order valence-electron chi connectivity index (χ4n) is 0.444. The van der Waals surface area contributed by atoms with Crippen molar-refractivity contribution in [3.8, 4) is 0 Å². The Labute approximate surface area is 71.2 Å². The molecule has 0 aromatic carbocycles. The highest BCUT2D eigenvalue weighted by molar-refractivity contribution is 5.75. The molecule has 5 heteroatoms. The second-order valence-corrected chi connectivity index (χ2v) is 1.45. The van der Waals surface area contributed by atoms with Crippen LogP contribution < -0.4 is 0 Å². The highest BCUT2D eigenvalue weighted by atomic mass is 27.0. The van der Waals surface area contributed by atoms with Gasteiger partial charge < -0.3 is 19.3 Å². The normalized spacial score (nSPS) is 10.8. The Morgan fingerprint density at radius 2 is 1.40 bits per heavy atom. The molecule has 0 rings (SSSR count). The first-order valence-corrected chi connectivity index (χ1v) is 2.51. The fourth-order valence-corrected chi connectivity index (χ4v) is 0.444. The maximum Gasteiger partial charge on any atom is 0.306 e. The molecule has 0 unspecified atom stereocenters. The predicted octanol–water partition coefficient (Wildman–Crippen LogP) is -1.61. The molecule has 0 aliphatic rings. The Kier molecular flexibility index (Phi) is 7.94. The molecule has 0 aromatic heterocycles. The number of ether oxygens (including phenoxy) is 3. The van der Waals surface area contributed by atoms with Gasteiger partial charge in [-0.3, -0.25) is 0 Å². The molecule has 0 saturated heterocycles. The molecule has 0 heterocycles. The van der Waals surface area contributed by atoms with Gasteiger partial charge in [-0.25, -0.2) is 0 Å². The van der Waals surface area contributed by atoms with Crippen molar-refractivity contribution in [1.29, 1.82) is 0 Å². The zero-order chi connectivity index (χ0) is 7.33. The van der Waals surface area contributed by atoms with Gasteiger partial charge >= 0.3 is 5.97 Å². The molecule has 0 aliphatic carbocycles. The van der Waals surface area contributed by atoms with Gasteiger partial charge in [0.05, 0.1) is 0 Å². The van der Waals surface area contributed by atoms with Gasteiger partial charge in [-0.15, -0.1) is 0 Å². The van der Waals surface area contributed by atoms with E-state index in [2.05, 4.69) is 0 Å². The molecule has 4 nitrogen and oxygen atoms in total. The number of rotatable bonds is 4. The third-order valence-electron chi connectivity index (χ3n) is 1.13. The van der Waals surface area contributed by atoms with Crippen LogP contribution in [-0.4, -0.2) is 56.4 Å². The van der Waals surface area contributed by atoms with Crippen LogP contribution >= 0.6 is 0 Å². The van der Waals surface area contributed by atoms with Crippen LogP contribution in [0.25, 0.3) is 0 Å². The highest BCUT2D eigenvalue weighted by Crippen LogP contribution is 2.09. The van der Waals surface area contributed by atoms with Crippen LogP contribution in [-0.2, 0) is 14.2 Å². The molecule has 0 atom stereocenters. The van der Waals surface area contributed by atoms with Crippen LogP contribution in [0.1, 0.15) is 0 Å². The number of hydrogen-bond donors (Lipinski definition) is 1. The summed E-state index contributed by atoms with van der Waals surface area (Å²) < 4.78 is 14.1. The summed E-state index contributed by atoms with van der Waals surface area (Å²) in [7, 11) is 4.18. The lowest BCUT2D eigenvalue weighted by Crippen LogP contribution is -2.39. The molecule has 0 amide bonds. The van der Waals surface area contributed by atoms with E-state index in [1.54, 1.807) is 0 Å². The Hall–Kier alpha value is 0.372. The summed E-state index contributed by atoms with van der Waals surface area (Å²) in [4.78, 5) is 0. The molecular weight excluding hydrogens is 151 g/mol. The third-order valence-corrected chi connectivity index (χ3v) is 1.13. The maximum absolute atomic E-state index is 8.60. The molecule has 0 aromatic rings. The van der Waals surface area contributed by atoms with E-state index in [0.29, 0.717) is 0 Å². The van der Waals surface area contributed by atoms with E-state index in [-0.39, 0.29) is 24.0 Å². The van der Waals surface area contributed by atoms with Gasteiger partial charge in [0, 0.05) is 21.3 Å². The molecule has 0 aliphatic heterocycles. The van der Waals surface area contributed by atoms with Crippen LogP contribution in [0.3, 0.4) is 0 Å². The maximum atomic E-state index is 8.60. The lowest BCUT2D eigenvalue weighted by atomic mass is 10.6. The van der Waals surface area contributed by atoms with Crippen molar-refractivity contribution in [1.82, 2.24) is 0 Å². The average molecular weight is 166 g/mol. The Balaban J connectivity index is 0. The van der Waals surface area contributed by atoms with Gasteiger partial charge in [0.1, 0.15) is 6.61 Å². The minimum absolute atomic E-state index is 0. The van der Waals surface area contributed by atoms with E-state index in [0.717, 1.165) is 0 Å². The van der Waals surface area contributed by atoms with Crippen molar-refractivity contribution in [2.75, 3.05) is 27.9 Å². The molecule has 10 heavy (non-hydrogen) atoms. The molecule has 0 fully saturated rings. The van der Waals surface area contributed by atoms with Gasteiger partial charge in [-0.05, 0) is 0 Å². The summed E-state index contributed by atoms with van der Waals surface area (Å²) in [6.45, 7) is -0.323. The minimum atomic E-state index is -1.28. The van der Waals surface area contributed by atoms with Crippen molar-refractivity contribution in [3.05, 3.63) is 0 Å². The lowest BCUT2D eigenvalue weighted by Gasteiger charge is -2.25. The van der Waals surface area contributed by atoms with Gasteiger partial charge in [0.25, 0.3) is 0 Å². The van der Waals surface area contributed by atoms with Crippen molar-refractivity contribution in [3.63, 3.8) is 0 Å². The Bertz CT molecular complexity index is 56.5. The molecule has 0 bridgehead atoms. The summed E-state index contributed by atoms with van der Waals surface area (Å²) in [5.41, 5.74) is 0. The number of aliphatic hydroxyl groups excluding tert-OH is 1. The van der Waals surface area contributed by atoms with Crippen LogP contribution in [0.5, 0.6) is 0 Å². The van der Waals surface area contributed by atoms with Crippen LogP contribution in [0.15, 0.2) is 0 Å². The number of hydrogen-bond acceptors (Lipinski definition) is 4. The summed E-state index contributed by atoms with van der Waals surface area (Å²) in [5, 5.41) is 8.60. The summed E-state index contributed by atoms with van der Waals surface area (Å²) in [5.74, 6) is -1.28. The van der Waals surface area contributed by atoms with Gasteiger partial charge in [-0.1, -0.05) is 0 Å². The van der Waals surface area contributed by atoms with Crippen molar-refractivity contribution in [2.45, 2.75) is 5.97 Å². The number of methoxy groups -OCH3 is 3. The zero-order valence-corrected chi connectivity index (χ0v) is 5.88. The van der Waals surface area contributed by atoms with Gasteiger partial charge in [0.15, 0.2) is 17.4 Å². The smallest absolute Gasteiger partial charge is 0.306 e. The second kappa shape index (κ2) is 6.11. The van der Waals surface area contributed by atoms with E-state index in [9.17, 15) is 0 Å². The summed E-state index contributed by atoms with van der Waals surface area (Å²) in [6.07, 6.45) is 0. The predicted molar refractivity (Wildman–Crippen MR) is 40.8 cm³/mol. The highest BCUT2D eigenvalue weighted by Gasteiger charge is 2.27. The van der Waals surface area contributed by atoms with Crippen LogP contribution in [0.4, 0.5) is 0 Å². The molecular formula is C5H15AlO4. The Morgan fingerprint density at radius 1 is 1.10 bits per heavy atom. The van der Waals surface area contributed by atoms with Crippen LogP contribution in [0.2, 0.25) is 0 Å². The van der Waals surface area contributed by atoms with E-state index in [1.165, 1.54) is 21.3 Å². The van der Waals surface area contributed by atoms with Crippen LogP contribution in [0, 0.1) is 0 Å². The quantitative estimate of drug-likeness (QED) is 0.403. The largest absolute Gasteiger partial charge is 0.388 e. The summed E-state index contributed by atoms with van der Waals surface area (Å²) in [6, 6.07) is 0. The Morgan fingerprint density at radius 3 is 1.40 bits per heavy atom. The van der Waals surface area contributed by atoms with Gasteiger partial charge in [0.2, 0.25) is 0 Å². The molecule has 1 N–H and O–H groups in total. The standard InChI is InChI=1S/C5H12O4.Al.3H/c1-7-5(4-6,8-2)9-3;;;;/h6H,4H2,1-3H3;;;;. The first kappa shape index (κ1) is 13.0. The molecule has 0 saturated carbocycles. The first-order valence-electron chi connectivity index (χ1n) is 2.51. The first-order chi connectivity index (χ1) is 4.24. The SMILES string of the molecule is COC(CO)(OC)OC.[AlH3]. The van der Waals surface area contributed by atoms with Crippen molar-refractivity contribution in [2.24, 2.45) is 0 Å². The zero-order valence-electron chi connectivity index (χ0n) is 5.88. The van der Waals surface area contributed by atoms with E-state index in [4.69, 9.17) is 19.3 Å². The molecule has 0 spiro atoms.